The van der Waals surface area contributed by atoms with Crippen molar-refractivity contribution in [2.45, 2.75) is 40.0 Å². The summed E-state index contributed by atoms with van der Waals surface area (Å²) in [6.07, 6.45) is 2.26. The topological polar surface area (TPSA) is 66.6 Å². The summed E-state index contributed by atoms with van der Waals surface area (Å²) >= 11 is 0. The maximum absolute atomic E-state index is 11.9. The third-order valence-electron chi connectivity index (χ3n) is 3.42. The Balaban J connectivity index is 4.09. The summed E-state index contributed by atoms with van der Waals surface area (Å²) in [5.41, 5.74) is 5.48. The van der Waals surface area contributed by atoms with E-state index in [0.717, 1.165) is 12.8 Å². The molecule has 19 heavy (non-hydrogen) atoms. The number of hydrogen-bond acceptors (Lipinski definition) is 3. The average molecular weight is 271 g/mol. The highest BCUT2D eigenvalue weighted by Crippen LogP contribution is 2.10. The molecule has 2 N–H and O–H groups in total. The lowest BCUT2D eigenvalue weighted by atomic mass is 10.0. The largest absolute Gasteiger partial charge is 0.342 e. The first-order valence-electron chi connectivity index (χ1n) is 7.17. The summed E-state index contributed by atoms with van der Waals surface area (Å²) in [4.78, 5) is 27.0. The van der Waals surface area contributed by atoms with E-state index < -0.39 is 0 Å². The van der Waals surface area contributed by atoms with Crippen molar-refractivity contribution in [3.8, 4) is 0 Å². The number of nitrogens with two attached hydrogens (primary N) is 1. The molecule has 0 radical (unpaired) electrons. The smallest absolute Gasteiger partial charge is 0.242 e. The maximum Gasteiger partial charge on any atom is 0.242 e. The minimum Gasteiger partial charge on any atom is -0.342 e. The number of rotatable bonds is 9. The zero-order valence-electron chi connectivity index (χ0n) is 12.8. The number of carbonyl (C=O) groups excluding carboxylic acids is 2. The molecule has 2 amide bonds. The van der Waals surface area contributed by atoms with Crippen molar-refractivity contribution in [3.63, 3.8) is 0 Å². The van der Waals surface area contributed by atoms with Crippen LogP contribution < -0.4 is 5.73 Å². The normalized spacial score (nSPS) is 12.1. The fraction of sp³-hybridized carbons (Fsp3) is 0.857. The van der Waals surface area contributed by atoms with Crippen LogP contribution in [0.4, 0.5) is 0 Å². The molecule has 0 bridgehead atoms. The minimum absolute atomic E-state index is 0.0101. The van der Waals surface area contributed by atoms with Crippen molar-refractivity contribution in [1.82, 2.24) is 9.80 Å². The van der Waals surface area contributed by atoms with Crippen molar-refractivity contribution in [3.05, 3.63) is 0 Å². The van der Waals surface area contributed by atoms with Crippen LogP contribution in [0.1, 0.15) is 40.0 Å². The van der Waals surface area contributed by atoms with E-state index in [2.05, 4.69) is 6.92 Å². The molecule has 0 saturated heterocycles. The summed E-state index contributed by atoms with van der Waals surface area (Å²) in [6, 6.07) is 0. The van der Waals surface area contributed by atoms with Crippen LogP contribution >= 0.6 is 0 Å². The van der Waals surface area contributed by atoms with Crippen molar-refractivity contribution in [1.29, 1.82) is 0 Å². The summed E-state index contributed by atoms with van der Waals surface area (Å²) in [7, 11) is 1.69. The lowest BCUT2D eigenvalue weighted by molar-refractivity contribution is -0.139. The van der Waals surface area contributed by atoms with Gasteiger partial charge >= 0.3 is 0 Å². The van der Waals surface area contributed by atoms with Gasteiger partial charge in [0.25, 0.3) is 0 Å². The van der Waals surface area contributed by atoms with Gasteiger partial charge in [0.1, 0.15) is 0 Å². The zero-order valence-corrected chi connectivity index (χ0v) is 12.8. The Morgan fingerprint density at radius 2 is 1.68 bits per heavy atom. The summed E-state index contributed by atoms with van der Waals surface area (Å²) in [5.74, 6) is 0.501. The van der Waals surface area contributed by atoms with E-state index in [1.54, 1.807) is 11.9 Å². The van der Waals surface area contributed by atoms with Gasteiger partial charge in [0.15, 0.2) is 0 Å². The highest BCUT2D eigenvalue weighted by atomic mass is 16.2. The average Bonchev–Trinajstić information content (AvgIpc) is 2.37. The molecule has 0 aromatic heterocycles. The first-order valence-corrected chi connectivity index (χ1v) is 7.17. The fourth-order valence-electron chi connectivity index (χ4n) is 1.96. The van der Waals surface area contributed by atoms with Crippen molar-refractivity contribution >= 4 is 11.8 Å². The molecule has 0 aliphatic carbocycles. The molecular weight excluding hydrogens is 242 g/mol. The molecule has 1 atom stereocenters. The first-order chi connectivity index (χ1) is 8.96. The second-order valence-corrected chi connectivity index (χ2v) is 5.04. The number of amides is 2. The van der Waals surface area contributed by atoms with Crippen LogP contribution in [-0.2, 0) is 9.59 Å². The third kappa shape index (κ3) is 7.15. The molecule has 1 unspecified atom stereocenters. The molecule has 5 heteroatoms. The number of nitrogens with zero attached hydrogens (tertiary/aromatic N) is 2. The highest BCUT2D eigenvalue weighted by Gasteiger charge is 2.16. The molecule has 0 saturated carbocycles. The Morgan fingerprint density at radius 1 is 1.11 bits per heavy atom. The SMILES string of the molecule is CCN(CC)C(=O)CN(C)C(=O)CCC(C)CCN. The maximum atomic E-state index is 11.9. The van der Waals surface area contributed by atoms with Crippen LogP contribution in [0.25, 0.3) is 0 Å². The van der Waals surface area contributed by atoms with Crippen molar-refractivity contribution in [2.24, 2.45) is 11.7 Å². The van der Waals surface area contributed by atoms with E-state index >= 15 is 0 Å². The predicted octanol–water partition coefficient (Wildman–Crippen LogP) is 1.08. The van der Waals surface area contributed by atoms with Gasteiger partial charge in [-0.3, -0.25) is 9.59 Å². The van der Waals surface area contributed by atoms with Gasteiger partial charge in [0, 0.05) is 26.6 Å². The Bertz CT molecular complexity index is 278. The van der Waals surface area contributed by atoms with Gasteiger partial charge in [0.05, 0.1) is 6.54 Å². The molecule has 0 fully saturated rings. The van der Waals surface area contributed by atoms with Crippen molar-refractivity contribution < 1.29 is 9.59 Å². The summed E-state index contributed by atoms with van der Waals surface area (Å²) in [5, 5.41) is 0. The van der Waals surface area contributed by atoms with E-state index in [-0.39, 0.29) is 18.4 Å². The Kier molecular flexibility index (Phi) is 9.21. The van der Waals surface area contributed by atoms with Crippen molar-refractivity contribution in [2.75, 3.05) is 33.2 Å². The van der Waals surface area contributed by atoms with Gasteiger partial charge in [-0.1, -0.05) is 6.92 Å². The Morgan fingerprint density at radius 3 is 2.16 bits per heavy atom. The lowest BCUT2D eigenvalue weighted by Crippen LogP contribution is -2.41. The molecule has 0 aromatic carbocycles. The van der Waals surface area contributed by atoms with E-state index in [4.69, 9.17) is 5.73 Å². The Hall–Kier alpha value is -1.10. The van der Waals surface area contributed by atoms with E-state index in [0.29, 0.717) is 32.0 Å². The monoisotopic (exact) mass is 271 g/mol. The van der Waals surface area contributed by atoms with Gasteiger partial charge in [0.2, 0.25) is 11.8 Å². The molecular formula is C14H29N3O2. The van der Waals surface area contributed by atoms with Gasteiger partial charge in [-0.15, -0.1) is 0 Å². The number of likely N-dealkylation sites (N-methyl/N-ethyl adjacent to an activating group) is 2. The minimum atomic E-state index is 0.0101. The molecule has 0 spiro atoms. The van der Waals surface area contributed by atoms with E-state index in [1.165, 1.54) is 4.90 Å². The fourth-order valence-corrected chi connectivity index (χ4v) is 1.96. The van der Waals surface area contributed by atoms with Crippen LogP contribution in [0.3, 0.4) is 0 Å². The number of hydrogen-bond donors (Lipinski definition) is 1. The summed E-state index contributed by atoms with van der Waals surface area (Å²) < 4.78 is 0. The van der Waals surface area contributed by atoms with Crippen LogP contribution in [0.5, 0.6) is 0 Å². The molecule has 0 rings (SSSR count). The number of carbonyl (C=O) groups is 2. The van der Waals surface area contributed by atoms with Crippen LogP contribution in [0.15, 0.2) is 0 Å². The van der Waals surface area contributed by atoms with Gasteiger partial charge in [-0.25, -0.2) is 0 Å². The quantitative estimate of drug-likeness (QED) is 0.682. The first kappa shape index (κ1) is 17.9. The van der Waals surface area contributed by atoms with Gasteiger partial charge < -0.3 is 15.5 Å². The van der Waals surface area contributed by atoms with Gasteiger partial charge in [-0.05, 0) is 39.2 Å². The molecule has 112 valence electrons. The van der Waals surface area contributed by atoms with Crippen LogP contribution in [0, 0.1) is 5.92 Å². The Labute approximate surface area is 117 Å². The van der Waals surface area contributed by atoms with E-state index in [9.17, 15) is 9.59 Å². The molecule has 0 heterocycles. The lowest BCUT2D eigenvalue weighted by Gasteiger charge is -2.23. The van der Waals surface area contributed by atoms with Crippen LogP contribution in [0.2, 0.25) is 0 Å². The predicted molar refractivity (Wildman–Crippen MR) is 77.6 cm³/mol. The second-order valence-electron chi connectivity index (χ2n) is 5.04. The molecule has 0 aliphatic rings. The zero-order chi connectivity index (χ0) is 14.8. The van der Waals surface area contributed by atoms with E-state index in [1.807, 2.05) is 13.8 Å². The molecule has 5 nitrogen and oxygen atoms in total. The summed E-state index contributed by atoms with van der Waals surface area (Å²) in [6.45, 7) is 8.18. The molecule has 0 aliphatic heterocycles. The van der Waals surface area contributed by atoms with Gasteiger partial charge in [-0.2, -0.15) is 0 Å². The second kappa shape index (κ2) is 9.78. The molecule has 0 aromatic rings. The van der Waals surface area contributed by atoms with Crippen LogP contribution in [-0.4, -0.2) is 54.8 Å². The highest BCUT2D eigenvalue weighted by molar-refractivity contribution is 5.84. The third-order valence-corrected chi connectivity index (χ3v) is 3.42. The standard InChI is InChI=1S/C14H29N3O2/c1-5-17(6-2)14(19)11-16(4)13(18)8-7-12(3)9-10-15/h12H,5-11,15H2,1-4H3.